The number of hydrogen-bond acceptors (Lipinski definition) is 4. The van der Waals surface area contributed by atoms with Gasteiger partial charge in [-0.1, -0.05) is 18.2 Å². The molecule has 0 saturated heterocycles. The van der Waals surface area contributed by atoms with Gasteiger partial charge in [-0.05, 0) is 41.8 Å². The van der Waals surface area contributed by atoms with E-state index in [1.807, 2.05) is 11.3 Å². The van der Waals surface area contributed by atoms with Gasteiger partial charge < -0.3 is 4.74 Å². The predicted octanol–water partition coefficient (Wildman–Crippen LogP) is 3.31. The van der Waals surface area contributed by atoms with E-state index in [1.165, 1.54) is 40.8 Å². The number of ether oxygens (including phenoxy) is 1. The molecule has 1 aliphatic carbocycles. The summed E-state index contributed by atoms with van der Waals surface area (Å²) < 4.78 is 5.88. The first-order valence-electron chi connectivity index (χ1n) is 7.65. The Balaban J connectivity index is 1.76. The first-order valence-corrected chi connectivity index (χ1v) is 8.53. The topological polar surface area (TPSA) is 47.3 Å². The monoisotopic (exact) mass is 300 g/mol. The molecule has 3 N–H and O–H groups in total. The molecule has 0 radical (unpaired) electrons. The SMILES string of the molecule is NNC(c1cccc2c1OCC2)C1CCCc2sccc21. The molecule has 1 aliphatic heterocycles. The van der Waals surface area contributed by atoms with Crippen LogP contribution in [0.3, 0.4) is 0 Å². The van der Waals surface area contributed by atoms with Crippen molar-refractivity contribution in [3.8, 4) is 5.75 Å². The Labute approximate surface area is 129 Å². The zero-order chi connectivity index (χ0) is 14.2. The number of nitrogens with two attached hydrogens (primary N) is 1. The molecule has 0 bridgehead atoms. The minimum absolute atomic E-state index is 0.131. The summed E-state index contributed by atoms with van der Waals surface area (Å²) >= 11 is 1.88. The summed E-state index contributed by atoms with van der Waals surface area (Å²) in [4.78, 5) is 1.53. The molecular weight excluding hydrogens is 280 g/mol. The number of fused-ring (bicyclic) bond motifs is 2. The van der Waals surface area contributed by atoms with E-state index in [1.54, 1.807) is 0 Å². The fraction of sp³-hybridized carbons (Fsp3) is 0.412. The molecule has 1 aromatic carbocycles. The highest BCUT2D eigenvalue weighted by molar-refractivity contribution is 7.10. The van der Waals surface area contributed by atoms with Crippen molar-refractivity contribution in [1.82, 2.24) is 5.43 Å². The number of benzene rings is 1. The van der Waals surface area contributed by atoms with E-state index in [-0.39, 0.29) is 6.04 Å². The van der Waals surface area contributed by atoms with Gasteiger partial charge in [0.1, 0.15) is 5.75 Å². The number of para-hydroxylation sites is 1. The number of thiophene rings is 1. The van der Waals surface area contributed by atoms with E-state index in [0.29, 0.717) is 5.92 Å². The average molecular weight is 300 g/mol. The second kappa shape index (κ2) is 5.44. The molecule has 2 aromatic rings. The molecule has 110 valence electrons. The van der Waals surface area contributed by atoms with Crippen molar-refractivity contribution in [2.24, 2.45) is 5.84 Å². The van der Waals surface area contributed by atoms with Crippen LogP contribution in [-0.4, -0.2) is 6.61 Å². The van der Waals surface area contributed by atoms with Crippen LogP contribution in [-0.2, 0) is 12.8 Å². The van der Waals surface area contributed by atoms with Gasteiger partial charge in [0.05, 0.1) is 12.6 Å². The molecule has 4 rings (SSSR count). The zero-order valence-corrected chi connectivity index (χ0v) is 12.8. The lowest BCUT2D eigenvalue weighted by Crippen LogP contribution is -2.34. The molecule has 0 spiro atoms. The largest absolute Gasteiger partial charge is 0.493 e. The van der Waals surface area contributed by atoms with Crippen molar-refractivity contribution < 1.29 is 4.74 Å². The van der Waals surface area contributed by atoms with Gasteiger partial charge in [-0.2, -0.15) is 0 Å². The van der Waals surface area contributed by atoms with Gasteiger partial charge in [0, 0.05) is 22.8 Å². The van der Waals surface area contributed by atoms with E-state index in [0.717, 1.165) is 18.8 Å². The van der Waals surface area contributed by atoms with Crippen molar-refractivity contribution in [2.75, 3.05) is 6.61 Å². The van der Waals surface area contributed by atoms with Crippen molar-refractivity contribution in [1.29, 1.82) is 0 Å². The molecule has 2 atom stereocenters. The molecule has 1 aromatic heterocycles. The van der Waals surface area contributed by atoms with Gasteiger partial charge in [-0.25, -0.2) is 0 Å². The van der Waals surface area contributed by atoms with Gasteiger partial charge >= 0.3 is 0 Å². The Morgan fingerprint density at radius 2 is 2.24 bits per heavy atom. The van der Waals surface area contributed by atoms with Gasteiger partial charge in [0.15, 0.2) is 0 Å². The van der Waals surface area contributed by atoms with Crippen LogP contribution in [0.1, 0.15) is 46.4 Å². The number of aryl methyl sites for hydroxylation is 1. The van der Waals surface area contributed by atoms with E-state index >= 15 is 0 Å². The highest BCUT2D eigenvalue weighted by Gasteiger charge is 2.32. The molecule has 3 nitrogen and oxygen atoms in total. The summed E-state index contributed by atoms with van der Waals surface area (Å²) in [5.74, 6) is 7.46. The summed E-state index contributed by atoms with van der Waals surface area (Å²) in [7, 11) is 0. The molecule has 0 fully saturated rings. The van der Waals surface area contributed by atoms with Gasteiger partial charge in [-0.15, -0.1) is 11.3 Å². The second-order valence-electron chi connectivity index (χ2n) is 5.88. The predicted molar refractivity (Wildman–Crippen MR) is 85.7 cm³/mol. The number of hydrazine groups is 1. The Hall–Kier alpha value is -1.36. The summed E-state index contributed by atoms with van der Waals surface area (Å²) in [5.41, 5.74) is 7.08. The molecular formula is C17H20N2OS. The number of rotatable bonds is 3. The van der Waals surface area contributed by atoms with Crippen LogP contribution in [0.15, 0.2) is 29.6 Å². The standard InChI is InChI=1S/C17H20N2OS/c18-19-16(13-4-2-6-15-12(13)8-10-21-15)14-5-1-3-11-7-9-20-17(11)14/h1,3,5,8,10,13,16,19H,2,4,6-7,9,18H2. The van der Waals surface area contributed by atoms with Gasteiger partial charge in [0.2, 0.25) is 0 Å². The van der Waals surface area contributed by atoms with E-state index in [2.05, 4.69) is 35.1 Å². The third kappa shape index (κ3) is 2.18. The highest BCUT2D eigenvalue weighted by atomic mass is 32.1. The Bertz CT molecular complexity index is 652. The Morgan fingerprint density at radius 1 is 1.29 bits per heavy atom. The third-order valence-electron chi connectivity index (χ3n) is 4.76. The van der Waals surface area contributed by atoms with Gasteiger partial charge in [0.25, 0.3) is 0 Å². The first kappa shape index (κ1) is 13.3. The summed E-state index contributed by atoms with van der Waals surface area (Å²) in [6, 6.07) is 8.86. The second-order valence-corrected chi connectivity index (χ2v) is 6.88. The minimum atomic E-state index is 0.131. The fourth-order valence-electron chi connectivity index (χ4n) is 3.78. The van der Waals surface area contributed by atoms with Crippen LogP contribution in [0.25, 0.3) is 0 Å². The molecule has 4 heteroatoms. The van der Waals surface area contributed by atoms with Crippen LogP contribution in [0.5, 0.6) is 5.75 Å². The van der Waals surface area contributed by atoms with E-state index < -0.39 is 0 Å². The van der Waals surface area contributed by atoms with Crippen molar-refractivity contribution in [3.63, 3.8) is 0 Å². The lowest BCUT2D eigenvalue weighted by Gasteiger charge is -2.31. The van der Waals surface area contributed by atoms with Crippen LogP contribution >= 0.6 is 11.3 Å². The smallest absolute Gasteiger partial charge is 0.127 e. The molecule has 2 heterocycles. The number of hydrogen-bond donors (Lipinski definition) is 2. The maximum atomic E-state index is 5.95. The lowest BCUT2D eigenvalue weighted by molar-refractivity contribution is 0.339. The normalized spacial score (nSPS) is 21.5. The van der Waals surface area contributed by atoms with Crippen LogP contribution in [0.2, 0.25) is 0 Å². The third-order valence-corrected chi connectivity index (χ3v) is 5.76. The molecule has 2 unspecified atom stereocenters. The van der Waals surface area contributed by atoms with Crippen LogP contribution < -0.4 is 16.0 Å². The summed E-state index contributed by atoms with van der Waals surface area (Å²) in [5, 5.41) is 2.21. The molecule has 0 amide bonds. The maximum Gasteiger partial charge on any atom is 0.127 e. The average Bonchev–Trinajstić information content (AvgIpc) is 3.17. The molecule has 0 saturated carbocycles. The fourth-order valence-corrected chi connectivity index (χ4v) is 4.77. The summed E-state index contributed by atoms with van der Waals surface area (Å²) in [6.45, 7) is 0.790. The van der Waals surface area contributed by atoms with E-state index in [4.69, 9.17) is 10.6 Å². The number of nitrogens with one attached hydrogen (secondary N) is 1. The lowest BCUT2D eigenvalue weighted by atomic mass is 9.79. The van der Waals surface area contributed by atoms with Crippen molar-refractivity contribution in [2.45, 2.75) is 37.6 Å². The minimum Gasteiger partial charge on any atom is -0.493 e. The van der Waals surface area contributed by atoms with Gasteiger partial charge in [-0.3, -0.25) is 11.3 Å². The van der Waals surface area contributed by atoms with E-state index in [9.17, 15) is 0 Å². The maximum absolute atomic E-state index is 5.95. The Kier molecular flexibility index (Phi) is 3.45. The van der Waals surface area contributed by atoms with Crippen LogP contribution in [0.4, 0.5) is 0 Å². The molecule has 2 aliphatic rings. The van der Waals surface area contributed by atoms with Crippen LogP contribution in [0, 0.1) is 0 Å². The Morgan fingerprint density at radius 3 is 3.14 bits per heavy atom. The van der Waals surface area contributed by atoms with Crippen molar-refractivity contribution >= 4 is 11.3 Å². The molecule has 21 heavy (non-hydrogen) atoms. The summed E-state index contributed by atoms with van der Waals surface area (Å²) in [6.07, 6.45) is 4.65. The zero-order valence-electron chi connectivity index (χ0n) is 12.0. The quantitative estimate of drug-likeness (QED) is 0.675. The van der Waals surface area contributed by atoms with Crippen molar-refractivity contribution in [3.05, 3.63) is 51.2 Å². The highest BCUT2D eigenvalue weighted by Crippen LogP contribution is 2.45. The first-order chi connectivity index (χ1) is 10.4.